The average molecular weight is 356 g/mol. The molecule has 0 saturated carbocycles. The van der Waals surface area contributed by atoms with Crippen LogP contribution in [0.2, 0.25) is 0 Å². The lowest BCUT2D eigenvalue weighted by Crippen LogP contribution is -2.36. The maximum absolute atomic E-state index is 13.8. The Morgan fingerprint density at radius 1 is 1.48 bits per heavy atom. The molecule has 0 aliphatic carbocycles. The third-order valence-electron chi connectivity index (χ3n) is 3.57. The van der Waals surface area contributed by atoms with E-state index in [4.69, 9.17) is 10.8 Å². The van der Waals surface area contributed by atoms with E-state index >= 15 is 0 Å². The molecule has 1 aliphatic rings. The molecule has 126 valence electrons. The van der Waals surface area contributed by atoms with Crippen molar-refractivity contribution in [2.75, 3.05) is 25.4 Å². The molecule has 0 amide bonds. The van der Waals surface area contributed by atoms with Crippen molar-refractivity contribution >= 4 is 27.6 Å². The van der Waals surface area contributed by atoms with Gasteiger partial charge in [-0.2, -0.15) is 0 Å². The summed E-state index contributed by atoms with van der Waals surface area (Å²) in [6, 6.07) is 6.72. The molecule has 1 fully saturated rings. The Hall–Kier alpha value is -1.02. The Morgan fingerprint density at radius 2 is 2.26 bits per heavy atom. The summed E-state index contributed by atoms with van der Waals surface area (Å²) in [5.41, 5.74) is 7.02. The first-order chi connectivity index (χ1) is 11.1. The highest BCUT2D eigenvalue weighted by atomic mass is 33.1. The summed E-state index contributed by atoms with van der Waals surface area (Å²) in [6.45, 7) is 2.49. The monoisotopic (exact) mass is 356 g/mol. The van der Waals surface area contributed by atoms with Gasteiger partial charge in [0.2, 0.25) is 0 Å². The zero-order valence-electron chi connectivity index (χ0n) is 12.8. The first-order valence-electron chi connectivity index (χ1n) is 7.47. The van der Waals surface area contributed by atoms with Crippen LogP contribution >= 0.6 is 21.6 Å². The quantitative estimate of drug-likeness (QED) is 0.445. The number of hydrogen-bond donors (Lipinski definition) is 2. The van der Waals surface area contributed by atoms with Crippen molar-refractivity contribution in [3.63, 3.8) is 0 Å². The van der Waals surface area contributed by atoms with Crippen LogP contribution in [-0.4, -0.2) is 46.6 Å². The first-order valence-corrected chi connectivity index (χ1v) is 9.86. The molecule has 1 aromatic carbocycles. The van der Waals surface area contributed by atoms with Crippen molar-refractivity contribution in [1.29, 1.82) is 0 Å². The second kappa shape index (κ2) is 9.32. The summed E-state index contributed by atoms with van der Waals surface area (Å²) in [5, 5.41) is 9.26. The Labute approximate surface area is 143 Å². The Balaban J connectivity index is 2.01. The van der Waals surface area contributed by atoms with Crippen LogP contribution in [0.3, 0.4) is 0 Å². The Kier molecular flexibility index (Phi) is 7.42. The molecular formula is C16H21FN2O2S2. The van der Waals surface area contributed by atoms with Crippen LogP contribution in [0.4, 0.5) is 4.39 Å². The van der Waals surface area contributed by atoms with Crippen LogP contribution < -0.4 is 5.73 Å². The summed E-state index contributed by atoms with van der Waals surface area (Å²) in [4.78, 5) is 13.2. The predicted molar refractivity (Wildman–Crippen MR) is 94.9 cm³/mol. The lowest BCUT2D eigenvalue weighted by Gasteiger charge is -2.33. The van der Waals surface area contributed by atoms with Crippen LogP contribution in [0.15, 0.2) is 35.9 Å². The van der Waals surface area contributed by atoms with Crippen molar-refractivity contribution in [3.05, 3.63) is 47.3 Å². The third kappa shape index (κ3) is 5.84. The summed E-state index contributed by atoms with van der Waals surface area (Å²) in [5.74, 6) is -0.297. The molecule has 0 bridgehead atoms. The highest BCUT2D eigenvalue weighted by Crippen LogP contribution is 2.36. The topological polar surface area (TPSA) is 66.6 Å². The van der Waals surface area contributed by atoms with Crippen molar-refractivity contribution in [2.24, 2.45) is 5.73 Å². The average Bonchev–Trinajstić information content (AvgIpc) is 2.51. The summed E-state index contributed by atoms with van der Waals surface area (Å²) in [7, 11) is 3.37. The van der Waals surface area contributed by atoms with Crippen molar-refractivity contribution in [2.45, 2.75) is 18.2 Å². The number of aliphatic carboxylic acids is 1. The van der Waals surface area contributed by atoms with Gasteiger partial charge in [-0.25, -0.2) is 9.18 Å². The van der Waals surface area contributed by atoms with E-state index in [0.29, 0.717) is 25.2 Å². The SMILES string of the molecule is NCCSSC1CCN(Cc2ccccc2F)C/C1=C/C(=O)O. The van der Waals surface area contributed by atoms with E-state index in [2.05, 4.69) is 4.90 Å². The summed E-state index contributed by atoms with van der Waals surface area (Å²) in [6.07, 6.45) is 2.16. The molecule has 0 spiro atoms. The Bertz CT molecular complexity index is 569. The normalized spacial score (nSPS) is 20.8. The number of hydrogen-bond acceptors (Lipinski definition) is 5. The van der Waals surface area contributed by atoms with Gasteiger partial charge >= 0.3 is 5.97 Å². The summed E-state index contributed by atoms with van der Waals surface area (Å²) >= 11 is 0. The molecule has 3 N–H and O–H groups in total. The number of halogens is 1. The molecule has 0 radical (unpaired) electrons. The fourth-order valence-corrected chi connectivity index (χ4v) is 5.07. The van der Waals surface area contributed by atoms with Crippen LogP contribution in [-0.2, 0) is 11.3 Å². The summed E-state index contributed by atoms with van der Waals surface area (Å²) < 4.78 is 13.8. The first kappa shape index (κ1) is 18.3. The van der Waals surface area contributed by atoms with E-state index in [1.54, 1.807) is 33.7 Å². The van der Waals surface area contributed by atoms with Crippen LogP contribution in [0, 0.1) is 5.82 Å². The number of nitrogens with two attached hydrogens (primary N) is 1. The highest BCUT2D eigenvalue weighted by molar-refractivity contribution is 8.77. The van der Waals surface area contributed by atoms with Gasteiger partial charge in [-0.1, -0.05) is 39.8 Å². The van der Waals surface area contributed by atoms with Gasteiger partial charge in [0.1, 0.15) is 5.82 Å². The smallest absolute Gasteiger partial charge is 0.328 e. The minimum atomic E-state index is -0.929. The zero-order valence-corrected chi connectivity index (χ0v) is 14.4. The molecule has 1 aromatic rings. The fourth-order valence-electron chi connectivity index (χ4n) is 2.51. The third-order valence-corrected chi connectivity index (χ3v) is 6.49. The van der Waals surface area contributed by atoms with Gasteiger partial charge < -0.3 is 10.8 Å². The minimum Gasteiger partial charge on any atom is -0.478 e. The molecular weight excluding hydrogens is 335 g/mol. The molecule has 1 atom stereocenters. The van der Waals surface area contributed by atoms with E-state index in [0.717, 1.165) is 24.3 Å². The van der Waals surface area contributed by atoms with Crippen molar-refractivity contribution < 1.29 is 14.3 Å². The van der Waals surface area contributed by atoms with Gasteiger partial charge in [-0.3, -0.25) is 4.90 Å². The van der Waals surface area contributed by atoms with Crippen LogP contribution in [0.25, 0.3) is 0 Å². The standard InChI is InChI=1S/C16H21FN2O2S2/c17-14-4-2-1-3-12(14)10-19-7-5-15(23-22-8-6-18)13(11-19)9-16(20)21/h1-4,9,15H,5-8,10-11,18H2,(H,20,21)/b13-9-. The van der Waals surface area contributed by atoms with E-state index < -0.39 is 5.97 Å². The fraction of sp³-hybridized carbons (Fsp3) is 0.438. The number of rotatable bonds is 7. The second-order valence-electron chi connectivity index (χ2n) is 5.34. The number of nitrogens with zero attached hydrogens (tertiary/aromatic N) is 1. The molecule has 1 aliphatic heterocycles. The highest BCUT2D eigenvalue weighted by Gasteiger charge is 2.25. The van der Waals surface area contributed by atoms with Gasteiger partial charge in [-0.05, 0) is 18.1 Å². The predicted octanol–water partition coefficient (Wildman–Crippen LogP) is 2.75. The molecule has 1 saturated heterocycles. The molecule has 23 heavy (non-hydrogen) atoms. The molecule has 0 aromatic heterocycles. The van der Waals surface area contributed by atoms with Gasteiger partial charge in [0, 0.05) is 48.8 Å². The van der Waals surface area contributed by atoms with E-state index in [9.17, 15) is 9.18 Å². The van der Waals surface area contributed by atoms with E-state index in [1.165, 1.54) is 12.1 Å². The number of carbonyl (C=O) groups is 1. The van der Waals surface area contributed by atoms with Crippen molar-refractivity contribution in [1.82, 2.24) is 4.90 Å². The number of carboxylic acid groups (broad SMARTS) is 1. The molecule has 7 heteroatoms. The number of likely N-dealkylation sites (tertiary alicyclic amines) is 1. The maximum atomic E-state index is 13.8. The van der Waals surface area contributed by atoms with Gasteiger partial charge in [0.25, 0.3) is 0 Å². The number of benzene rings is 1. The van der Waals surface area contributed by atoms with E-state index in [1.807, 2.05) is 6.07 Å². The van der Waals surface area contributed by atoms with Crippen molar-refractivity contribution in [3.8, 4) is 0 Å². The lowest BCUT2D eigenvalue weighted by atomic mass is 10.0. The van der Waals surface area contributed by atoms with Gasteiger partial charge in [0.05, 0.1) is 0 Å². The van der Waals surface area contributed by atoms with Crippen LogP contribution in [0.1, 0.15) is 12.0 Å². The largest absolute Gasteiger partial charge is 0.478 e. The lowest BCUT2D eigenvalue weighted by molar-refractivity contribution is -0.131. The number of piperidine rings is 1. The molecule has 4 nitrogen and oxygen atoms in total. The minimum absolute atomic E-state index is 0.180. The van der Waals surface area contributed by atoms with Crippen LogP contribution in [0.5, 0.6) is 0 Å². The van der Waals surface area contributed by atoms with E-state index in [-0.39, 0.29) is 11.1 Å². The van der Waals surface area contributed by atoms with Gasteiger partial charge in [0.15, 0.2) is 0 Å². The zero-order chi connectivity index (χ0) is 16.7. The molecule has 2 rings (SSSR count). The van der Waals surface area contributed by atoms with Gasteiger partial charge in [-0.15, -0.1) is 0 Å². The molecule has 1 heterocycles. The number of carboxylic acids is 1. The second-order valence-corrected chi connectivity index (χ2v) is 8.03. The molecule has 1 unspecified atom stereocenters. The Morgan fingerprint density at radius 3 is 2.96 bits per heavy atom. The maximum Gasteiger partial charge on any atom is 0.328 e.